The quantitative estimate of drug-likeness (QED) is 0.377. The second-order valence-electron chi connectivity index (χ2n) is 7.91. The van der Waals surface area contributed by atoms with Crippen molar-refractivity contribution in [2.75, 3.05) is 20.3 Å². The average Bonchev–Trinajstić information content (AvgIpc) is 3.36. The third kappa shape index (κ3) is 3.98. The molecule has 2 heterocycles. The molecule has 1 N–H and O–H groups in total. The SMILES string of the molecule is COc1c(Cl)cc(Cl)cc1/C(O)=C1\C(=O)C(=O)N(CC2CCCO2)C1c1ccccc1C. The Bertz CT molecular complexity index is 1110. The summed E-state index contributed by atoms with van der Waals surface area (Å²) in [5, 5.41) is 11.8. The minimum Gasteiger partial charge on any atom is -0.507 e. The number of aryl methyl sites for hydroxylation is 1. The Morgan fingerprint density at radius 1 is 1.25 bits per heavy atom. The highest BCUT2D eigenvalue weighted by Crippen LogP contribution is 2.44. The van der Waals surface area contributed by atoms with Crippen LogP contribution in [0.4, 0.5) is 0 Å². The molecule has 2 aromatic carbocycles. The molecule has 0 aliphatic carbocycles. The van der Waals surface area contributed by atoms with Crippen molar-refractivity contribution in [3.8, 4) is 5.75 Å². The van der Waals surface area contributed by atoms with Crippen LogP contribution in [0.25, 0.3) is 5.76 Å². The number of hydrogen-bond acceptors (Lipinski definition) is 5. The molecule has 2 aromatic rings. The number of ether oxygens (including phenoxy) is 2. The number of halogens is 2. The summed E-state index contributed by atoms with van der Waals surface area (Å²) >= 11 is 12.4. The van der Waals surface area contributed by atoms with E-state index in [1.807, 2.05) is 31.2 Å². The van der Waals surface area contributed by atoms with Crippen molar-refractivity contribution in [2.45, 2.75) is 31.9 Å². The fourth-order valence-electron chi connectivity index (χ4n) is 4.38. The molecule has 6 nitrogen and oxygen atoms in total. The van der Waals surface area contributed by atoms with Gasteiger partial charge in [-0.25, -0.2) is 0 Å². The molecule has 0 radical (unpaired) electrons. The molecule has 1 amide bonds. The van der Waals surface area contributed by atoms with Gasteiger partial charge in [-0.1, -0.05) is 47.5 Å². The summed E-state index contributed by atoms with van der Waals surface area (Å²) in [5.74, 6) is -1.66. The first-order chi connectivity index (χ1) is 15.3. The number of carbonyl (C=O) groups is 2. The van der Waals surface area contributed by atoms with Crippen LogP contribution in [-0.4, -0.2) is 48.1 Å². The zero-order valence-corrected chi connectivity index (χ0v) is 19.2. The average molecular weight is 476 g/mol. The summed E-state index contributed by atoms with van der Waals surface area (Å²) in [4.78, 5) is 27.8. The maximum atomic E-state index is 13.2. The lowest BCUT2D eigenvalue weighted by molar-refractivity contribution is -0.140. The van der Waals surface area contributed by atoms with Crippen molar-refractivity contribution in [2.24, 2.45) is 0 Å². The normalized spacial score (nSPS) is 22.6. The van der Waals surface area contributed by atoms with Gasteiger partial charge in [-0.15, -0.1) is 0 Å². The monoisotopic (exact) mass is 475 g/mol. The maximum absolute atomic E-state index is 13.2. The molecule has 2 unspecified atom stereocenters. The van der Waals surface area contributed by atoms with Crippen LogP contribution in [0, 0.1) is 6.92 Å². The van der Waals surface area contributed by atoms with Gasteiger partial charge in [0, 0.05) is 18.2 Å². The van der Waals surface area contributed by atoms with Gasteiger partial charge >= 0.3 is 0 Å². The number of amides is 1. The van der Waals surface area contributed by atoms with E-state index in [2.05, 4.69) is 0 Å². The van der Waals surface area contributed by atoms with E-state index >= 15 is 0 Å². The van der Waals surface area contributed by atoms with Crippen LogP contribution in [0.5, 0.6) is 5.75 Å². The number of benzene rings is 2. The van der Waals surface area contributed by atoms with Crippen LogP contribution < -0.4 is 4.74 Å². The Kier molecular flexibility index (Phi) is 6.47. The Labute approximate surface area is 196 Å². The largest absolute Gasteiger partial charge is 0.507 e. The molecule has 0 spiro atoms. The number of aliphatic hydroxyl groups is 1. The Morgan fingerprint density at radius 3 is 2.66 bits per heavy atom. The molecule has 8 heteroatoms. The zero-order chi connectivity index (χ0) is 23.0. The van der Waals surface area contributed by atoms with E-state index in [0.29, 0.717) is 6.61 Å². The first-order valence-corrected chi connectivity index (χ1v) is 11.1. The molecule has 2 aliphatic rings. The zero-order valence-electron chi connectivity index (χ0n) is 17.7. The second kappa shape index (κ2) is 9.14. The fourth-order valence-corrected chi connectivity index (χ4v) is 4.95. The number of ketones is 1. The van der Waals surface area contributed by atoms with Crippen LogP contribution in [0.15, 0.2) is 42.0 Å². The summed E-state index contributed by atoms with van der Waals surface area (Å²) in [6, 6.07) is 9.64. The number of nitrogens with zero attached hydrogens (tertiary/aromatic N) is 1. The number of hydrogen-bond donors (Lipinski definition) is 1. The highest BCUT2D eigenvalue weighted by molar-refractivity contribution is 6.46. The van der Waals surface area contributed by atoms with E-state index in [4.69, 9.17) is 32.7 Å². The molecular weight excluding hydrogens is 453 g/mol. The highest BCUT2D eigenvalue weighted by Gasteiger charge is 2.47. The molecule has 4 rings (SSSR count). The standard InChI is InChI=1S/C24H23Cl2NO5/c1-13-6-3-4-8-16(13)20-19(21(28)17-10-14(25)11-18(26)23(17)31-2)22(29)24(30)27(20)12-15-7-5-9-32-15/h3-4,6,8,10-11,15,20,28H,5,7,9,12H2,1-2H3/b21-19+. The van der Waals surface area contributed by atoms with E-state index in [0.717, 1.165) is 24.0 Å². The third-order valence-electron chi connectivity index (χ3n) is 5.91. The topological polar surface area (TPSA) is 76.1 Å². The number of likely N-dealkylation sites (tertiary alicyclic amines) is 1. The number of aliphatic hydroxyl groups excluding tert-OH is 1. The van der Waals surface area contributed by atoms with Gasteiger partial charge < -0.3 is 19.5 Å². The van der Waals surface area contributed by atoms with Gasteiger partial charge in [0.05, 0.1) is 35.4 Å². The van der Waals surface area contributed by atoms with E-state index in [1.165, 1.54) is 24.1 Å². The molecule has 0 saturated carbocycles. The smallest absolute Gasteiger partial charge is 0.295 e. The lowest BCUT2D eigenvalue weighted by Crippen LogP contribution is -2.36. The first-order valence-electron chi connectivity index (χ1n) is 10.3. The van der Waals surface area contributed by atoms with Gasteiger partial charge in [0.15, 0.2) is 0 Å². The van der Waals surface area contributed by atoms with Gasteiger partial charge in [-0.05, 0) is 43.0 Å². The van der Waals surface area contributed by atoms with Gasteiger partial charge in [0.2, 0.25) is 0 Å². The number of Topliss-reactive ketones (excluding diaryl/α,β-unsaturated/α-hetero) is 1. The summed E-state index contributed by atoms with van der Waals surface area (Å²) < 4.78 is 11.1. The fraction of sp³-hybridized carbons (Fsp3) is 0.333. The minimum atomic E-state index is -0.775. The van der Waals surface area contributed by atoms with Crippen LogP contribution in [0.2, 0.25) is 10.0 Å². The van der Waals surface area contributed by atoms with Crippen molar-refractivity contribution in [1.29, 1.82) is 0 Å². The summed E-state index contributed by atoms with van der Waals surface area (Å²) in [6.45, 7) is 2.79. The van der Waals surface area contributed by atoms with Crippen LogP contribution in [0.1, 0.15) is 35.6 Å². The van der Waals surface area contributed by atoms with Gasteiger partial charge in [0.25, 0.3) is 11.7 Å². The van der Waals surface area contributed by atoms with Crippen molar-refractivity contribution in [3.63, 3.8) is 0 Å². The number of carbonyl (C=O) groups excluding carboxylic acids is 2. The van der Waals surface area contributed by atoms with Gasteiger partial charge in [-0.2, -0.15) is 0 Å². The van der Waals surface area contributed by atoms with Crippen LogP contribution >= 0.6 is 23.2 Å². The second-order valence-corrected chi connectivity index (χ2v) is 8.76. The van der Waals surface area contributed by atoms with Crippen molar-refractivity contribution in [1.82, 2.24) is 4.90 Å². The molecule has 2 fully saturated rings. The maximum Gasteiger partial charge on any atom is 0.295 e. The lowest BCUT2D eigenvalue weighted by atomic mass is 9.92. The Balaban J connectivity index is 1.92. The molecule has 0 aromatic heterocycles. The molecule has 32 heavy (non-hydrogen) atoms. The lowest BCUT2D eigenvalue weighted by Gasteiger charge is -2.28. The Morgan fingerprint density at radius 2 is 2.00 bits per heavy atom. The molecule has 2 atom stereocenters. The van der Waals surface area contributed by atoms with E-state index in [1.54, 1.807) is 0 Å². The number of methoxy groups -OCH3 is 1. The predicted octanol–water partition coefficient (Wildman–Crippen LogP) is 4.91. The molecule has 0 bridgehead atoms. The molecule has 2 aliphatic heterocycles. The first kappa shape index (κ1) is 22.6. The third-order valence-corrected chi connectivity index (χ3v) is 6.41. The number of rotatable bonds is 5. The van der Waals surface area contributed by atoms with Gasteiger partial charge in [0.1, 0.15) is 11.5 Å². The molecular formula is C24H23Cl2NO5. The summed E-state index contributed by atoms with van der Waals surface area (Å²) in [6.07, 6.45) is 1.55. The van der Waals surface area contributed by atoms with E-state index < -0.39 is 17.7 Å². The van der Waals surface area contributed by atoms with Crippen molar-refractivity contribution >= 4 is 40.7 Å². The van der Waals surface area contributed by atoms with Crippen molar-refractivity contribution in [3.05, 3.63) is 68.7 Å². The summed E-state index contributed by atoms with van der Waals surface area (Å²) in [7, 11) is 1.40. The highest BCUT2D eigenvalue weighted by atomic mass is 35.5. The predicted molar refractivity (Wildman–Crippen MR) is 122 cm³/mol. The van der Waals surface area contributed by atoms with E-state index in [-0.39, 0.29) is 45.3 Å². The summed E-state index contributed by atoms with van der Waals surface area (Å²) in [5.41, 5.74) is 1.76. The van der Waals surface area contributed by atoms with Crippen LogP contribution in [-0.2, 0) is 14.3 Å². The Hall–Kier alpha value is -2.54. The van der Waals surface area contributed by atoms with E-state index in [9.17, 15) is 14.7 Å². The molecule has 2 saturated heterocycles. The molecule has 168 valence electrons. The van der Waals surface area contributed by atoms with Crippen LogP contribution in [0.3, 0.4) is 0 Å². The van der Waals surface area contributed by atoms with Gasteiger partial charge in [-0.3, -0.25) is 9.59 Å². The van der Waals surface area contributed by atoms with Crippen molar-refractivity contribution < 1.29 is 24.2 Å². The minimum absolute atomic E-state index is 0.0288.